The zero-order chi connectivity index (χ0) is 13.2. The van der Waals surface area contributed by atoms with E-state index in [0.29, 0.717) is 0 Å². The molecule has 0 amide bonds. The number of benzene rings is 1. The van der Waals surface area contributed by atoms with Crippen LogP contribution in [0.1, 0.15) is 56.6 Å². The molecule has 0 aliphatic heterocycles. The Morgan fingerprint density at radius 1 is 1.00 bits per heavy atom. The van der Waals surface area contributed by atoms with Crippen molar-refractivity contribution >= 4 is 28.2 Å². The lowest BCUT2D eigenvalue weighted by Crippen LogP contribution is -1.88. The van der Waals surface area contributed by atoms with Gasteiger partial charge in [-0.3, -0.25) is 0 Å². The molecule has 100 valence electrons. The van der Waals surface area contributed by atoms with Gasteiger partial charge in [0.2, 0.25) is 0 Å². The van der Waals surface area contributed by atoms with Gasteiger partial charge < -0.3 is 0 Å². The number of unbranched alkanes of at least 4 members (excludes halogenated alkanes) is 5. The third-order valence-electron chi connectivity index (χ3n) is 3.34. The van der Waals surface area contributed by atoms with Crippen molar-refractivity contribution in [2.75, 3.05) is 4.43 Å². The third-order valence-corrected chi connectivity index (χ3v) is 4.26. The number of hydrogen-bond donors (Lipinski definition) is 0. The first-order valence-electron chi connectivity index (χ1n) is 7.11. The van der Waals surface area contributed by atoms with Crippen molar-refractivity contribution in [2.24, 2.45) is 0 Å². The van der Waals surface area contributed by atoms with Crippen LogP contribution in [0.25, 0.3) is 5.57 Å². The Bertz CT molecular complexity index is 337. The Hall–Kier alpha value is -0.310. The Kier molecular flexibility index (Phi) is 8.40. The highest BCUT2D eigenvalue weighted by atomic mass is 127. The van der Waals surface area contributed by atoms with E-state index in [4.69, 9.17) is 0 Å². The number of hydrogen-bond acceptors (Lipinski definition) is 0. The highest BCUT2D eigenvalue weighted by Gasteiger charge is 1.98. The molecule has 0 radical (unpaired) electrons. The summed E-state index contributed by atoms with van der Waals surface area (Å²) in [6.45, 7) is 6.34. The van der Waals surface area contributed by atoms with E-state index in [1.54, 1.807) is 0 Å². The quantitative estimate of drug-likeness (QED) is 0.288. The molecule has 0 aliphatic rings. The maximum atomic E-state index is 4.07. The van der Waals surface area contributed by atoms with Crippen molar-refractivity contribution < 1.29 is 0 Å². The van der Waals surface area contributed by atoms with Crippen LogP contribution >= 0.6 is 22.6 Å². The van der Waals surface area contributed by atoms with Crippen LogP contribution in [0, 0.1) is 0 Å². The van der Waals surface area contributed by atoms with Gasteiger partial charge in [0.05, 0.1) is 0 Å². The van der Waals surface area contributed by atoms with Gasteiger partial charge in [-0.15, -0.1) is 0 Å². The first-order valence-corrected chi connectivity index (χ1v) is 8.63. The molecule has 0 saturated heterocycles. The molecule has 0 aromatic heterocycles. The van der Waals surface area contributed by atoms with Crippen LogP contribution in [0.3, 0.4) is 0 Å². The molecule has 1 aromatic rings. The Morgan fingerprint density at radius 2 is 1.61 bits per heavy atom. The molecule has 0 aliphatic carbocycles. The minimum absolute atomic E-state index is 1.01. The average Bonchev–Trinajstić information content (AvgIpc) is 2.42. The van der Waals surface area contributed by atoms with Crippen molar-refractivity contribution in [3.8, 4) is 0 Å². The van der Waals surface area contributed by atoms with Crippen molar-refractivity contribution in [3.05, 3.63) is 42.0 Å². The fraction of sp³-hybridized carbons (Fsp3) is 0.529. The summed E-state index contributed by atoms with van der Waals surface area (Å²) < 4.78 is 1.01. The van der Waals surface area contributed by atoms with Crippen molar-refractivity contribution in [1.29, 1.82) is 0 Å². The van der Waals surface area contributed by atoms with Crippen LogP contribution in [-0.4, -0.2) is 4.43 Å². The van der Waals surface area contributed by atoms with Gasteiger partial charge in [-0.2, -0.15) is 0 Å². The van der Waals surface area contributed by atoms with E-state index in [1.807, 2.05) is 0 Å². The van der Waals surface area contributed by atoms with Crippen LogP contribution in [-0.2, 0) is 6.42 Å². The van der Waals surface area contributed by atoms with Crippen LogP contribution in [0.2, 0.25) is 0 Å². The van der Waals surface area contributed by atoms with Crippen LogP contribution in [0.15, 0.2) is 30.8 Å². The molecule has 0 bridgehead atoms. The molecule has 18 heavy (non-hydrogen) atoms. The molecule has 0 N–H and O–H groups in total. The fourth-order valence-electron chi connectivity index (χ4n) is 2.09. The topological polar surface area (TPSA) is 0 Å². The molecule has 0 saturated carbocycles. The lowest BCUT2D eigenvalue weighted by Gasteiger charge is -2.05. The largest absolute Gasteiger partial charge is 0.0945 e. The minimum Gasteiger partial charge on any atom is -0.0945 e. The summed E-state index contributed by atoms with van der Waals surface area (Å²) in [5, 5.41) is 0. The van der Waals surface area contributed by atoms with Crippen molar-refractivity contribution in [3.63, 3.8) is 0 Å². The number of halogens is 1. The molecular formula is C17H25I. The third kappa shape index (κ3) is 6.03. The first kappa shape index (κ1) is 15.7. The minimum atomic E-state index is 1.01. The maximum Gasteiger partial charge on any atom is 0.0247 e. The lowest BCUT2D eigenvalue weighted by molar-refractivity contribution is 0.607. The molecule has 0 fully saturated rings. The standard InChI is InChI=1S/C17H25I/c1-3-4-5-6-7-8-9-16-10-12-17(13-11-16)15(2)14-18/h10-13H,2-9,14H2,1H3. The van der Waals surface area contributed by atoms with Gasteiger partial charge in [0, 0.05) is 4.43 Å². The summed E-state index contributed by atoms with van der Waals surface area (Å²) in [6.07, 6.45) is 9.47. The first-order chi connectivity index (χ1) is 8.77. The van der Waals surface area contributed by atoms with Gasteiger partial charge >= 0.3 is 0 Å². The predicted molar refractivity (Wildman–Crippen MR) is 91.4 cm³/mol. The molecule has 0 spiro atoms. The molecular weight excluding hydrogens is 331 g/mol. The van der Waals surface area contributed by atoms with Crippen LogP contribution < -0.4 is 0 Å². The van der Waals surface area contributed by atoms with Gasteiger partial charge in [-0.1, -0.05) is 92.5 Å². The fourth-order valence-corrected chi connectivity index (χ4v) is 2.53. The Labute approximate surface area is 126 Å². The molecule has 0 heterocycles. The van der Waals surface area contributed by atoms with Crippen molar-refractivity contribution in [1.82, 2.24) is 0 Å². The lowest BCUT2D eigenvalue weighted by atomic mass is 10.0. The van der Waals surface area contributed by atoms with E-state index in [1.165, 1.54) is 61.6 Å². The summed E-state index contributed by atoms with van der Waals surface area (Å²) in [5.41, 5.74) is 3.98. The molecule has 1 heteroatoms. The summed E-state index contributed by atoms with van der Waals surface area (Å²) in [4.78, 5) is 0. The SMILES string of the molecule is C=C(CI)c1ccc(CCCCCCCC)cc1. The monoisotopic (exact) mass is 356 g/mol. The van der Waals surface area contributed by atoms with E-state index in [0.717, 1.165) is 4.43 Å². The number of aryl methyl sites for hydroxylation is 1. The highest BCUT2D eigenvalue weighted by Crippen LogP contribution is 2.17. The van der Waals surface area contributed by atoms with Gasteiger partial charge in [0.1, 0.15) is 0 Å². The maximum absolute atomic E-state index is 4.07. The smallest absolute Gasteiger partial charge is 0.0247 e. The summed E-state index contributed by atoms with van der Waals surface area (Å²) in [7, 11) is 0. The predicted octanol–water partition coefficient (Wildman–Crippen LogP) is 6.04. The van der Waals surface area contributed by atoms with Crippen LogP contribution in [0.4, 0.5) is 0 Å². The van der Waals surface area contributed by atoms with Gasteiger partial charge in [0.25, 0.3) is 0 Å². The number of alkyl halides is 1. The average molecular weight is 356 g/mol. The van der Waals surface area contributed by atoms with E-state index in [2.05, 4.69) is 60.4 Å². The van der Waals surface area contributed by atoms with E-state index in [-0.39, 0.29) is 0 Å². The second-order valence-electron chi connectivity index (χ2n) is 4.95. The zero-order valence-corrected chi connectivity index (χ0v) is 13.7. The summed E-state index contributed by atoms with van der Waals surface area (Å²) in [5.74, 6) is 0. The normalized spacial score (nSPS) is 10.6. The molecule has 0 nitrogen and oxygen atoms in total. The number of rotatable bonds is 9. The molecule has 1 rings (SSSR count). The zero-order valence-electron chi connectivity index (χ0n) is 11.6. The van der Waals surface area contributed by atoms with Crippen LogP contribution in [0.5, 0.6) is 0 Å². The highest BCUT2D eigenvalue weighted by molar-refractivity contribution is 14.1. The van der Waals surface area contributed by atoms with E-state index >= 15 is 0 Å². The van der Waals surface area contributed by atoms with Gasteiger partial charge in [-0.05, 0) is 29.5 Å². The van der Waals surface area contributed by atoms with Crippen molar-refractivity contribution in [2.45, 2.75) is 51.9 Å². The number of allylic oxidation sites excluding steroid dienone is 1. The van der Waals surface area contributed by atoms with Gasteiger partial charge in [-0.25, -0.2) is 0 Å². The Morgan fingerprint density at radius 3 is 2.22 bits per heavy atom. The van der Waals surface area contributed by atoms with E-state index < -0.39 is 0 Å². The molecule has 0 atom stereocenters. The summed E-state index contributed by atoms with van der Waals surface area (Å²) in [6, 6.07) is 8.96. The molecule has 1 aromatic carbocycles. The van der Waals surface area contributed by atoms with Gasteiger partial charge in [0.15, 0.2) is 0 Å². The summed E-state index contributed by atoms with van der Waals surface area (Å²) >= 11 is 2.36. The Balaban J connectivity index is 2.25. The second kappa shape index (κ2) is 9.60. The molecule has 0 unspecified atom stereocenters. The second-order valence-corrected chi connectivity index (χ2v) is 5.71. The van der Waals surface area contributed by atoms with E-state index in [9.17, 15) is 0 Å².